The predicted octanol–water partition coefficient (Wildman–Crippen LogP) is 2.43. The minimum Gasteiger partial charge on any atom is -0.475 e. The van der Waals surface area contributed by atoms with Crippen molar-refractivity contribution in [2.45, 2.75) is 71.5 Å². The van der Waals surface area contributed by atoms with Gasteiger partial charge in [0, 0.05) is 24.7 Å². The van der Waals surface area contributed by atoms with Crippen LogP contribution in [0.25, 0.3) is 0 Å². The molecule has 0 saturated carbocycles. The monoisotopic (exact) mass is 435 g/mol. The third-order valence-corrected chi connectivity index (χ3v) is 5.16. The fourth-order valence-electron chi connectivity index (χ4n) is 3.64. The summed E-state index contributed by atoms with van der Waals surface area (Å²) in [5.74, 6) is -1.33. The van der Waals surface area contributed by atoms with Gasteiger partial charge in [-0.3, -0.25) is 9.69 Å². The fraction of sp³-hybridized carbons (Fsp3) is 0.737. The van der Waals surface area contributed by atoms with Gasteiger partial charge in [0.05, 0.1) is 11.8 Å². The molecule has 0 bridgehead atoms. The average Bonchev–Trinajstić information content (AvgIpc) is 3.19. The maximum atomic E-state index is 12.2. The van der Waals surface area contributed by atoms with E-state index in [-0.39, 0.29) is 24.2 Å². The second-order valence-corrected chi connectivity index (χ2v) is 7.95. The first-order valence-corrected chi connectivity index (χ1v) is 9.78. The molecule has 8 nitrogen and oxygen atoms in total. The van der Waals surface area contributed by atoms with Crippen LogP contribution in [0.4, 0.5) is 13.2 Å². The number of piperidine rings is 1. The van der Waals surface area contributed by atoms with Crippen molar-refractivity contribution < 1.29 is 37.1 Å². The van der Waals surface area contributed by atoms with Gasteiger partial charge in [0.2, 0.25) is 5.91 Å². The summed E-state index contributed by atoms with van der Waals surface area (Å²) in [6.45, 7) is 10.7. The fourth-order valence-corrected chi connectivity index (χ4v) is 3.64. The number of aromatic nitrogens is 1. The summed E-state index contributed by atoms with van der Waals surface area (Å²) in [4.78, 5) is 23.4. The zero-order chi connectivity index (χ0) is 22.6. The number of hydrogen-bond donors (Lipinski definition) is 2. The summed E-state index contributed by atoms with van der Waals surface area (Å²) in [6, 6.07) is 0.157. The first-order chi connectivity index (χ1) is 13.9. The highest BCUT2D eigenvalue weighted by Crippen LogP contribution is 2.34. The number of carbonyl (C=O) groups is 2. The number of likely N-dealkylation sites (tertiary alicyclic amines) is 1. The van der Waals surface area contributed by atoms with Crippen LogP contribution < -0.4 is 5.32 Å². The molecule has 0 radical (unpaired) electrons. The summed E-state index contributed by atoms with van der Waals surface area (Å²) >= 11 is 0. The van der Waals surface area contributed by atoms with E-state index < -0.39 is 12.1 Å². The molecule has 2 saturated heterocycles. The van der Waals surface area contributed by atoms with Gasteiger partial charge < -0.3 is 19.7 Å². The molecule has 11 heteroatoms. The van der Waals surface area contributed by atoms with Crippen LogP contribution in [0, 0.1) is 19.8 Å². The van der Waals surface area contributed by atoms with Crippen LogP contribution in [0.3, 0.4) is 0 Å². The zero-order valence-electron chi connectivity index (χ0n) is 17.5. The van der Waals surface area contributed by atoms with Crippen molar-refractivity contribution in [2.24, 2.45) is 5.92 Å². The minimum atomic E-state index is -5.08. The summed E-state index contributed by atoms with van der Waals surface area (Å²) in [6.07, 6.45) is -3.28. The third-order valence-electron chi connectivity index (χ3n) is 5.16. The molecule has 1 aromatic rings. The molecule has 170 valence electrons. The molecule has 2 aliphatic rings. The Balaban J connectivity index is 0.000000396. The number of carboxylic acids is 1. The Labute approximate surface area is 172 Å². The van der Waals surface area contributed by atoms with Crippen molar-refractivity contribution in [3.8, 4) is 0 Å². The topological polar surface area (TPSA) is 105 Å². The van der Waals surface area contributed by atoms with E-state index in [9.17, 15) is 18.0 Å². The van der Waals surface area contributed by atoms with Crippen molar-refractivity contribution in [1.29, 1.82) is 0 Å². The number of aliphatic carboxylic acids is 1. The van der Waals surface area contributed by atoms with Crippen LogP contribution in [0.1, 0.15) is 43.7 Å². The second-order valence-electron chi connectivity index (χ2n) is 7.95. The number of aryl methyl sites for hydroxylation is 2. The van der Waals surface area contributed by atoms with E-state index in [0.29, 0.717) is 5.92 Å². The van der Waals surface area contributed by atoms with Crippen molar-refractivity contribution in [1.82, 2.24) is 15.4 Å². The lowest BCUT2D eigenvalue weighted by atomic mass is 9.91. The summed E-state index contributed by atoms with van der Waals surface area (Å²) < 4.78 is 43.0. The Morgan fingerprint density at radius 3 is 2.47 bits per heavy atom. The molecule has 2 fully saturated rings. The number of nitrogens with one attached hydrogen (secondary N) is 1. The van der Waals surface area contributed by atoms with Crippen LogP contribution >= 0.6 is 0 Å². The zero-order valence-corrected chi connectivity index (χ0v) is 17.5. The second kappa shape index (κ2) is 9.78. The highest BCUT2D eigenvalue weighted by atomic mass is 19.4. The molecule has 3 rings (SSSR count). The Morgan fingerprint density at radius 1 is 1.33 bits per heavy atom. The summed E-state index contributed by atoms with van der Waals surface area (Å²) in [5.41, 5.74) is 2.14. The van der Waals surface area contributed by atoms with Crippen LogP contribution in [0.15, 0.2) is 4.52 Å². The molecule has 2 N–H and O–H groups in total. The van der Waals surface area contributed by atoms with Crippen LogP contribution in [0.2, 0.25) is 0 Å². The first-order valence-electron chi connectivity index (χ1n) is 9.78. The quantitative estimate of drug-likeness (QED) is 0.748. The maximum absolute atomic E-state index is 12.2. The molecular weight excluding hydrogens is 407 g/mol. The largest absolute Gasteiger partial charge is 0.490 e. The lowest BCUT2D eigenvalue weighted by Gasteiger charge is -2.33. The van der Waals surface area contributed by atoms with Gasteiger partial charge in [0.1, 0.15) is 11.9 Å². The lowest BCUT2D eigenvalue weighted by Crippen LogP contribution is -2.42. The third kappa shape index (κ3) is 6.43. The van der Waals surface area contributed by atoms with E-state index in [1.807, 2.05) is 27.7 Å². The normalized spacial score (nSPS) is 24.2. The van der Waals surface area contributed by atoms with Gasteiger partial charge in [-0.1, -0.05) is 5.16 Å². The van der Waals surface area contributed by atoms with Crippen molar-refractivity contribution >= 4 is 11.9 Å². The number of halogens is 3. The van der Waals surface area contributed by atoms with E-state index in [1.165, 1.54) is 5.56 Å². The number of nitrogens with zero attached hydrogens (tertiary/aromatic N) is 2. The van der Waals surface area contributed by atoms with Gasteiger partial charge >= 0.3 is 12.1 Å². The van der Waals surface area contributed by atoms with Crippen molar-refractivity contribution in [3.05, 3.63) is 17.0 Å². The molecular formula is C19H28F3N3O5. The van der Waals surface area contributed by atoms with E-state index in [4.69, 9.17) is 19.2 Å². The summed E-state index contributed by atoms with van der Waals surface area (Å²) in [5, 5.41) is 14.1. The summed E-state index contributed by atoms with van der Waals surface area (Å²) in [7, 11) is 0. The molecule has 1 amide bonds. The number of fused-ring (bicyclic) bond motifs is 1. The predicted molar refractivity (Wildman–Crippen MR) is 99.6 cm³/mol. The van der Waals surface area contributed by atoms with Crippen LogP contribution in [0.5, 0.6) is 0 Å². The van der Waals surface area contributed by atoms with E-state index in [2.05, 4.69) is 15.4 Å². The van der Waals surface area contributed by atoms with Crippen LogP contribution in [-0.2, 0) is 20.9 Å². The van der Waals surface area contributed by atoms with Gasteiger partial charge in [-0.15, -0.1) is 0 Å². The minimum absolute atomic E-state index is 0.0340. The molecule has 3 atom stereocenters. The van der Waals surface area contributed by atoms with Gasteiger partial charge in [-0.05, 0) is 53.0 Å². The first kappa shape index (κ1) is 24.1. The van der Waals surface area contributed by atoms with Crippen molar-refractivity contribution in [3.63, 3.8) is 0 Å². The van der Waals surface area contributed by atoms with Gasteiger partial charge in [0.15, 0.2) is 0 Å². The maximum Gasteiger partial charge on any atom is 0.490 e. The number of carbonyl (C=O) groups excluding carboxylic acids is 1. The number of rotatable bonds is 4. The number of ether oxygens (including phenoxy) is 1. The Morgan fingerprint density at radius 2 is 1.97 bits per heavy atom. The highest BCUT2D eigenvalue weighted by molar-refractivity contribution is 5.81. The molecule has 2 aliphatic heterocycles. The number of alkyl halides is 3. The smallest absolute Gasteiger partial charge is 0.475 e. The molecule has 1 aromatic heterocycles. The molecule has 0 aliphatic carbocycles. The molecule has 0 spiro atoms. The molecule has 0 aromatic carbocycles. The van der Waals surface area contributed by atoms with Gasteiger partial charge in [-0.25, -0.2) is 4.79 Å². The van der Waals surface area contributed by atoms with Gasteiger partial charge in [0.25, 0.3) is 0 Å². The van der Waals surface area contributed by atoms with Crippen LogP contribution in [-0.4, -0.2) is 64.6 Å². The Kier molecular flexibility index (Phi) is 7.87. The Hall–Kier alpha value is -2.14. The number of amides is 1. The van der Waals surface area contributed by atoms with Crippen molar-refractivity contribution in [2.75, 3.05) is 13.1 Å². The molecule has 0 unspecified atom stereocenters. The SMILES string of the molecule is Cc1noc(C)c1CN1CC[C@H]2C[C@H](C(=O)NC(C)C)O[C@@H]2C1.O=C(O)C(F)(F)F. The Bertz CT molecular complexity index is 731. The molecule has 30 heavy (non-hydrogen) atoms. The van der Waals surface area contributed by atoms with E-state index >= 15 is 0 Å². The standard InChI is InChI=1S/C17H27N3O3.C2HF3O2/c1-10(2)18-17(21)15-7-13-5-6-20(9-16(13)22-15)8-14-11(3)19-23-12(14)4;3-2(4,5)1(6)7/h10,13,15-16H,5-9H2,1-4H3,(H,18,21);(H,6,7)/t13-,15+,16+;/m0./s1. The average molecular weight is 435 g/mol. The van der Waals surface area contributed by atoms with E-state index in [0.717, 1.165) is 43.9 Å². The molecule has 3 heterocycles. The highest BCUT2D eigenvalue weighted by Gasteiger charge is 2.42. The lowest BCUT2D eigenvalue weighted by molar-refractivity contribution is -0.192. The number of carboxylic acid groups (broad SMARTS) is 1. The van der Waals surface area contributed by atoms with E-state index in [1.54, 1.807) is 0 Å². The number of hydrogen-bond acceptors (Lipinski definition) is 6. The van der Waals surface area contributed by atoms with Gasteiger partial charge in [-0.2, -0.15) is 13.2 Å².